The van der Waals surface area contributed by atoms with Gasteiger partial charge in [-0.1, -0.05) is 18.2 Å². The van der Waals surface area contributed by atoms with E-state index in [9.17, 15) is 5.11 Å². The van der Waals surface area contributed by atoms with Crippen molar-refractivity contribution in [2.45, 2.75) is 12.8 Å². The molecule has 0 saturated carbocycles. The van der Waals surface area contributed by atoms with Crippen molar-refractivity contribution in [2.75, 3.05) is 20.8 Å². The molecule has 4 nitrogen and oxygen atoms in total. The van der Waals surface area contributed by atoms with E-state index in [2.05, 4.69) is 5.32 Å². The summed E-state index contributed by atoms with van der Waals surface area (Å²) in [6, 6.07) is 7.23. The number of para-hydroxylation sites is 1. The molecule has 4 heteroatoms. The zero-order valence-corrected chi connectivity index (χ0v) is 9.06. The summed E-state index contributed by atoms with van der Waals surface area (Å²) in [6.45, 7) is 1.18. The number of benzene rings is 1. The van der Waals surface area contributed by atoms with E-state index < -0.39 is 0 Å². The second-order valence-corrected chi connectivity index (χ2v) is 3.16. The van der Waals surface area contributed by atoms with E-state index in [1.807, 2.05) is 12.1 Å². The molecule has 0 fully saturated rings. The highest BCUT2D eigenvalue weighted by molar-refractivity contribution is 5.31. The minimum Gasteiger partial charge on any atom is -0.508 e. The molecule has 84 valence electrons. The number of hydrogen-bond donors (Lipinski definition) is 2. The molecule has 0 aliphatic heterocycles. The summed E-state index contributed by atoms with van der Waals surface area (Å²) in [4.78, 5) is 0. The third kappa shape index (κ3) is 3.87. The maximum Gasteiger partial charge on any atom is 0.169 e. The SMILES string of the molecule is COC(CNCc1ccccc1O)OC. The largest absolute Gasteiger partial charge is 0.508 e. The molecular weight excluding hydrogens is 194 g/mol. The van der Waals surface area contributed by atoms with E-state index in [4.69, 9.17) is 9.47 Å². The average molecular weight is 211 g/mol. The lowest BCUT2D eigenvalue weighted by atomic mass is 10.2. The van der Waals surface area contributed by atoms with Crippen LogP contribution in [0.5, 0.6) is 5.75 Å². The number of hydrogen-bond acceptors (Lipinski definition) is 4. The second-order valence-electron chi connectivity index (χ2n) is 3.16. The Hall–Kier alpha value is -1.10. The lowest BCUT2D eigenvalue weighted by molar-refractivity contribution is -0.0989. The Morgan fingerprint density at radius 2 is 1.93 bits per heavy atom. The van der Waals surface area contributed by atoms with Crippen LogP contribution in [0.2, 0.25) is 0 Å². The minimum absolute atomic E-state index is 0.254. The molecular formula is C11H17NO3. The lowest BCUT2D eigenvalue weighted by Gasteiger charge is -2.14. The standard InChI is InChI=1S/C11H17NO3/c1-14-11(15-2)8-12-7-9-5-3-4-6-10(9)13/h3-6,11-13H,7-8H2,1-2H3. The van der Waals surface area contributed by atoms with E-state index in [-0.39, 0.29) is 6.29 Å². The first kappa shape index (κ1) is 12.0. The highest BCUT2D eigenvalue weighted by atomic mass is 16.7. The zero-order chi connectivity index (χ0) is 11.1. The summed E-state index contributed by atoms with van der Waals surface area (Å²) in [5.74, 6) is 0.302. The molecule has 0 aliphatic carbocycles. The number of phenols is 1. The Labute approximate surface area is 89.8 Å². The van der Waals surface area contributed by atoms with Gasteiger partial charge in [-0.3, -0.25) is 0 Å². The quantitative estimate of drug-likeness (QED) is 0.692. The first-order valence-electron chi connectivity index (χ1n) is 4.81. The molecule has 15 heavy (non-hydrogen) atoms. The first-order chi connectivity index (χ1) is 7.27. The fourth-order valence-corrected chi connectivity index (χ4v) is 1.25. The Kier molecular flexibility index (Phi) is 5.10. The molecule has 0 radical (unpaired) electrons. The van der Waals surface area contributed by atoms with Crippen LogP contribution in [-0.2, 0) is 16.0 Å². The summed E-state index contributed by atoms with van der Waals surface area (Å²) >= 11 is 0. The number of aromatic hydroxyl groups is 1. The van der Waals surface area contributed by atoms with Crippen LogP contribution >= 0.6 is 0 Å². The van der Waals surface area contributed by atoms with E-state index in [1.54, 1.807) is 26.4 Å². The monoisotopic (exact) mass is 211 g/mol. The third-order valence-corrected chi connectivity index (χ3v) is 2.14. The fourth-order valence-electron chi connectivity index (χ4n) is 1.25. The van der Waals surface area contributed by atoms with E-state index >= 15 is 0 Å². The normalized spacial score (nSPS) is 10.9. The molecule has 0 amide bonds. The van der Waals surface area contributed by atoms with Gasteiger partial charge in [0.25, 0.3) is 0 Å². The van der Waals surface area contributed by atoms with Crippen molar-refractivity contribution < 1.29 is 14.6 Å². The van der Waals surface area contributed by atoms with Crippen LogP contribution in [0, 0.1) is 0 Å². The third-order valence-electron chi connectivity index (χ3n) is 2.14. The van der Waals surface area contributed by atoms with Gasteiger partial charge in [-0.25, -0.2) is 0 Å². The molecule has 1 aromatic carbocycles. The van der Waals surface area contributed by atoms with E-state index in [0.717, 1.165) is 5.56 Å². The van der Waals surface area contributed by atoms with Crippen molar-refractivity contribution in [2.24, 2.45) is 0 Å². The van der Waals surface area contributed by atoms with Gasteiger partial charge in [0.15, 0.2) is 6.29 Å². The minimum atomic E-state index is -0.254. The van der Waals surface area contributed by atoms with Crippen molar-refractivity contribution in [1.29, 1.82) is 0 Å². The molecule has 0 unspecified atom stereocenters. The number of phenolic OH excluding ortho intramolecular Hbond substituents is 1. The van der Waals surface area contributed by atoms with Crippen molar-refractivity contribution in [3.63, 3.8) is 0 Å². The number of nitrogens with one attached hydrogen (secondary N) is 1. The second kappa shape index (κ2) is 6.40. The zero-order valence-electron chi connectivity index (χ0n) is 9.06. The molecule has 0 aliphatic rings. The fraction of sp³-hybridized carbons (Fsp3) is 0.455. The van der Waals surface area contributed by atoms with E-state index in [1.165, 1.54) is 0 Å². The van der Waals surface area contributed by atoms with Crippen molar-refractivity contribution in [3.05, 3.63) is 29.8 Å². The van der Waals surface area contributed by atoms with Gasteiger partial charge in [-0.2, -0.15) is 0 Å². The summed E-state index contributed by atoms with van der Waals surface area (Å²) in [5.41, 5.74) is 0.864. The predicted molar refractivity (Wildman–Crippen MR) is 57.6 cm³/mol. The Bertz CT molecular complexity index is 287. The molecule has 0 saturated heterocycles. The maximum absolute atomic E-state index is 9.49. The summed E-state index contributed by atoms with van der Waals surface area (Å²) in [6.07, 6.45) is -0.254. The Balaban J connectivity index is 2.34. The molecule has 1 rings (SSSR count). The van der Waals surface area contributed by atoms with Crippen molar-refractivity contribution in [1.82, 2.24) is 5.32 Å². The highest BCUT2D eigenvalue weighted by Gasteiger charge is 2.04. The Morgan fingerprint density at radius 1 is 1.27 bits per heavy atom. The van der Waals surface area contributed by atoms with Gasteiger partial charge < -0.3 is 19.9 Å². The molecule has 0 atom stereocenters. The van der Waals surface area contributed by atoms with Crippen LogP contribution in [0.4, 0.5) is 0 Å². The van der Waals surface area contributed by atoms with Crippen LogP contribution in [0.3, 0.4) is 0 Å². The predicted octanol–water partition coefficient (Wildman–Crippen LogP) is 1.10. The molecule has 0 spiro atoms. The molecule has 0 heterocycles. The molecule has 2 N–H and O–H groups in total. The van der Waals surface area contributed by atoms with Crippen LogP contribution in [-0.4, -0.2) is 32.2 Å². The summed E-state index contributed by atoms with van der Waals surface area (Å²) in [5, 5.41) is 12.6. The molecule has 1 aromatic rings. The summed E-state index contributed by atoms with van der Waals surface area (Å²) in [7, 11) is 3.19. The van der Waals surface area contributed by atoms with Gasteiger partial charge in [0, 0.05) is 32.9 Å². The van der Waals surface area contributed by atoms with Gasteiger partial charge in [-0.15, -0.1) is 0 Å². The van der Waals surface area contributed by atoms with Crippen LogP contribution < -0.4 is 5.32 Å². The van der Waals surface area contributed by atoms with Crippen LogP contribution in [0.25, 0.3) is 0 Å². The first-order valence-corrected chi connectivity index (χ1v) is 4.81. The number of ether oxygens (including phenoxy) is 2. The van der Waals surface area contributed by atoms with Gasteiger partial charge in [0.1, 0.15) is 5.75 Å². The van der Waals surface area contributed by atoms with Gasteiger partial charge >= 0.3 is 0 Å². The van der Waals surface area contributed by atoms with E-state index in [0.29, 0.717) is 18.8 Å². The summed E-state index contributed by atoms with van der Waals surface area (Å²) < 4.78 is 10.0. The maximum atomic E-state index is 9.49. The molecule has 0 aromatic heterocycles. The lowest BCUT2D eigenvalue weighted by Crippen LogP contribution is -2.29. The smallest absolute Gasteiger partial charge is 0.169 e. The van der Waals surface area contributed by atoms with Gasteiger partial charge in [0.05, 0.1) is 0 Å². The number of rotatable bonds is 6. The highest BCUT2D eigenvalue weighted by Crippen LogP contribution is 2.14. The number of methoxy groups -OCH3 is 2. The van der Waals surface area contributed by atoms with Crippen molar-refractivity contribution in [3.8, 4) is 5.75 Å². The average Bonchev–Trinajstić information content (AvgIpc) is 2.27. The van der Waals surface area contributed by atoms with Gasteiger partial charge in [0.2, 0.25) is 0 Å². The van der Waals surface area contributed by atoms with Crippen molar-refractivity contribution >= 4 is 0 Å². The topological polar surface area (TPSA) is 50.7 Å². The van der Waals surface area contributed by atoms with Crippen LogP contribution in [0.15, 0.2) is 24.3 Å². The Morgan fingerprint density at radius 3 is 2.53 bits per heavy atom. The van der Waals surface area contributed by atoms with Crippen LogP contribution in [0.1, 0.15) is 5.56 Å². The van der Waals surface area contributed by atoms with Gasteiger partial charge in [-0.05, 0) is 6.07 Å². The molecule has 0 bridgehead atoms.